The number of benzene rings is 11. The first-order valence-electron chi connectivity index (χ1n) is 24.8. The van der Waals surface area contributed by atoms with E-state index < -0.39 is 29.0 Å². The zero-order valence-corrected chi connectivity index (χ0v) is 35.4. The van der Waals surface area contributed by atoms with Crippen LogP contribution >= 0.6 is 0 Å². The van der Waals surface area contributed by atoms with E-state index in [4.69, 9.17) is 4.11 Å². The van der Waals surface area contributed by atoms with Crippen molar-refractivity contribution in [1.29, 1.82) is 0 Å². The fourth-order valence-corrected chi connectivity index (χ4v) is 11.6. The summed E-state index contributed by atoms with van der Waals surface area (Å²) in [6, 6.07) is 79.8. The van der Waals surface area contributed by atoms with Crippen molar-refractivity contribution in [2.75, 3.05) is 4.90 Å². The second-order valence-corrected chi connectivity index (χ2v) is 17.2. The van der Waals surface area contributed by atoms with Crippen LogP contribution in [0, 0.1) is 0 Å². The quantitative estimate of drug-likeness (QED) is 0.155. The second kappa shape index (κ2) is 14.7. The molecule has 0 amide bonds. The molecule has 2 aliphatic carbocycles. The van der Waals surface area contributed by atoms with Gasteiger partial charge >= 0.3 is 0 Å². The molecule has 0 radical (unpaired) electrons. The third-order valence-corrected chi connectivity index (χ3v) is 14.1. The Morgan fingerprint density at radius 2 is 0.662 bits per heavy atom. The Morgan fingerprint density at radius 1 is 0.308 bits per heavy atom. The van der Waals surface area contributed by atoms with Gasteiger partial charge in [0.2, 0.25) is 0 Å². The maximum Gasteiger partial charge on any atom is 0.0720 e. The van der Waals surface area contributed by atoms with Crippen LogP contribution in [0.5, 0.6) is 0 Å². The van der Waals surface area contributed by atoms with Gasteiger partial charge in [-0.15, -0.1) is 0 Å². The van der Waals surface area contributed by atoms with Crippen LogP contribution in [0.15, 0.2) is 261 Å². The van der Waals surface area contributed by atoms with Crippen molar-refractivity contribution in [2.24, 2.45) is 0 Å². The van der Waals surface area contributed by atoms with Crippen LogP contribution in [-0.2, 0) is 10.8 Å². The lowest BCUT2D eigenvalue weighted by molar-refractivity contribution is 0.774. The SMILES string of the molecule is [2H]c1c([2H])c([2H])c(N(c2ccc3c(c2)C(c2ccccc2)(c2ccccc2)c2c-3ccc3ccccc23)c2ccc3c(c2)C(c2ccccc2)(c2ccccc2)c2c-3ccc3ccccc23)c([2H])c1[2H]. The van der Waals surface area contributed by atoms with Gasteiger partial charge in [-0.05, 0) is 125 Å². The Hall–Kier alpha value is -8.26. The van der Waals surface area contributed by atoms with Gasteiger partial charge < -0.3 is 4.90 Å². The molecule has 0 spiro atoms. The lowest BCUT2D eigenvalue weighted by Crippen LogP contribution is -2.29. The smallest absolute Gasteiger partial charge is 0.0720 e. The Balaban J connectivity index is 1.15. The fourth-order valence-electron chi connectivity index (χ4n) is 11.6. The van der Waals surface area contributed by atoms with E-state index in [1.165, 1.54) is 11.1 Å². The Labute approximate surface area is 387 Å². The van der Waals surface area contributed by atoms with Crippen molar-refractivity contribution in [3.05, 3.63) is 305 Å². The molecule has 11 aromatic carbocycles. The van der Waals surface area contributed by atoms with Crippen molar-refractivity contribution >= 4 is 38.6 Å². The van der Waals surface area contributed by atoms with E-state index in [0.29, 0.717) is 11.4 Å². The van der Waals surface area contributed by atoms with Crippen LogP contribution in [-0.4, -0.2) is 0 Å². The Morgan fingerprint density at radius 3 is 1.06 bits per heavy atom. The van der Waals surface area contributed by atoms with Gasteiger partial charge in [0.25, 0.3) is 0 Å². The minimum Gasteiger partial charge on any atom is -0.310 e. The van der Waals surface area contributed by atoms with Crippen LogP contribution in [0.2, 0.25) is 0 Å². The minimum absolute atomic E-state index is 0.0721. The van der Waals surface area contributed by atoms with Crippen LogP contribution < -0.4 is 4.90 Å². The van der Waals surface area contributed by atoms with E-state index in [9.17, 15) is 2.74 Å². The predicted molar refractivity (Wildman–Crippen MR) is 271 cm³/mol. The molecule has 1 nitrogen and oxygen atoms in total. The van der Waals surface area contributed by atoms with Gasteiger partial charge in [-0.3, -0.25) is 0 Å². The normalized spacial score (nSPS) is 14.9. The number of hydrogen-bond acceptors (Lipinski definition) is 1. The molecular weight excluding hydrogens is 783 g/mol. The largest absolute Gasteiger partial charge is 0.310 e. The van der Waals surface area contributed by atoms with E-state index in [1.807, 2.05) is 4.90 Å². The number of rotatable bonds is 7. The predicted octanol–water partition coefficient (Wildman–Crippen LogP) is 16.2. The number of nitrogens with zero attached hydrogens (tertiary/aromatic N) is 1. The molecule has 0 aromatic heterocycles. The highest BCUT2D eigenvalue weighted by molar-refractivity contribution is 6.03. The van der Waals surface area contributed by atoms with Gasteiger partial charge in [0.15, 0.2) is 0 Å². The Kier molecular flexibility index (Phi) is 7.31. The first-order chi connectivity index (χ1) is 34.3. The standard InChI is InChI=1S/C64H43N/c1-6-22-46(23-7-1)63(47-24-8-2-9-25-47)59-42-51(36-40-55(59)57-38-34-44-20-16-18-32-53(44)61(57)63)65(50-30-14-5-15-31-50)52-37-41-56-58-39-35-45-21-17-19-33-54(45)62(58)64(60(56)43-52,48-26-10-3-11-27-48)49-28-12-4-13-29-49/h1-43H/i5D,14D,15D,30D,31D. The Bertz CT molecular complexity index is 3560. The number of anilines is 3. The summed E-state index contributed by atoms with van der Waals surface area (Å²) in [4.78, 5) is 1.91. The third kappa shape index (κ3) is 5.33. The topological polar surface area (TPSA) is 3.24 Å². The monoisotopic (exact) mass is 830 g/mol. The number of para-hydroxylation sites is 1. The van der Waals surface area contributed by atoms with Crippen LogP contribution in [0.25, 0.3) is 43.8 Å². The van der Waals surface area contributed by atoms with Gasteiger partial charge in [0, 0.05) is 17.1 Å². The summed E-state index contributed by atoms with van der Waals surface area (Å²) in [5, 5.41) is 4.57. The van der Waals surface area contributed by atoms with Gasteiger partial charge in [-0.25, -0.2) is 0 Å². The molecule has 0 bridgehead atoms. The molecule has 0 unspecified atom stereocenters. The first kappa shape index (κ1) is 32.4. The average Bonchev–Trinajstić information content (AvgIpc) is 3.90. The summed E-state index contributed by atoms with van der Waals surface area (Å²) >= 11 is 0. The molecule has 2 aliphatic rings. The second-order valence-electron chi connectivity index (χ2n) is 17.2. The van der Waals surface area contributed by atoms with Crippen LogP contribution in [0.1, 0.15) is 51.4 Å². The lowest BCUT2D eigenvalue weighted by Gasteiger charge is -2.36. The van der Waals surface area contributed by atoms with Crippen molar-refractivity contribution in [2.45, 2.75) is 10.8 Å². The molecular formula is C64H43N. The molecule has 0 aliphatic heterocycles. The summed E-state index contributed by atoms with van der Waals surface area (Å²) in [6.45, 7) is 0. The lowest BCUT2D eigenvalue weighted by atomic mass is 9.66. The summed E-state index contributed by atoms with van der Waals surface area (Å²) in [7, 11) is 0. The molecule has 0 saturated carbocycles. The van der Waals surface area contributed by atoms with Crippen LogP contribution in [0.4, 0.5) is 17.1 Å². The summed E-state index contributed by atoms with van der Waals surface area (Å²) in [5.41, 5.74) is 13.0. The zero-order valence-electron chi connectivity index (χ0n) is 40.4. The number of hydrogen-bond donors (Lipinski definition) is 0. The van der Waals surface area contributed by atoms with Crippen molar-refractivity contribution in [3.63, 3.8) is 0 Å². The van der Waals surface area contributed by atoms with Gasteiger partial charge in [0.1, 0.15) is 0 Å². The molecule has 13 rings (SSSR count). The van der Waals surface area contributed by atoms with Gasteiger partial charge in [-0.2, -0.15) is 0 Å². The maximum atomic E-state index is 9.64. The highest BCUT2D eigenvalue weighted by Crippen LogP contribution is 2.61. The van der Waals surface area contributed by atoms with Gasteiger partial charge in [0.05, 0.1) is 17.7 Å². The van der Waals surface area contributed by atoms with E-state index in [0.717, 1.165) is 77.2 Å². The summed E-state index contributed by atoms with van der Waals surface area (Å²) < 4.78 is 46.2. The highest BCUT2D eigenvalue weighted by Gasteiger charge is 2.49. The van der Waals surface area contributed by atoms with E-state index in [-0.39, 0.29) is 17.8 Å². The molecule has 0 saturated heterocycles. The number of fused-ring (bicyclic) bond motifs is 10. The van der Waals surface area contributed by atoms with Crippen molar-refractivity contribution in [1.82, 2.24) is 0 Å². The molecule has 0 N–H and O–H groups in total. The van der Waals surface area contributed by atoms with E-state index >= 15 is 0 Å². The fraction of sp³-hybridized carbons (Fsp3) is 0.0312. The molecule has 1 heteroatoms. The van der Waals surface area contributed by atoms with Crippen molar-refractivity contribution < 1.29 is 6.85 Å². The molecule has 65 heavy (non-hydrogen) atoms. The third-order valence-electron chi connectivity index (χ3n) is 14.1. The zero-order chi connectivity index (χ0) is 47.3. The van der Waals surface area contributed by atoms with E-state index in [1.54, 1.807) is 0 Å². The molecule has 0 heterocycles. The molecule has 0 atom stereocenters. The van der Waals surface area contributed by atoms with E-state index in [2.05, 4.69) is 231 Å². The summed E-state index contributed by atoms with van der Waals surface area (Å²) in [6.07, 6.45) is 0. The first-order valence-corrected chi connectivity index (χ1v) is 22.3. The average molecular weight is 831 g/mol. The molecule has 304 valence electrons. The highest BCUT2D eigenvalue weighted by atomic mass is 15.1. The van der Waals surface area contributed by atoms with Crippen molar-refractivity contribution in [3.8, 4) is 22.3 Å². The summed E-state index contributed by atoms with van der Waals surface area (Å²) in [5.74, 6) is 0. The van der Waals surface area contributed by atoms with Gasteiger partial charge in [-0.1, -0.05) is 224 Å². The molecule has 11 aromatic rings. The maximum absolute atomic E-state index is 9.64. The minimum atomic E-state index is -0.800. The van der Waals surface area contributed by atoms with Crippen LogP contribution in [0.3, 0.4) is 0 Å². The molecule has 0 fully saturated rings.